The lowest BCUT2D eigenvalue weighted by Gasteiger charge is -2.13. The second kappa shape index (κ2) is 10.1. The fraction of sp³-hybridized carbons (Fsp3) is 0.0690. The Morgan fingerprint density at radius 2 is 1.65 bits per heavy atom. The molecular formula is C29H22N4O3S. The van der Waals surface area contributed by atoms with Crippen molar-refractivity contribution >= 4 is 32.1 Å². The van der Waals surface area contributed by atoms with E-state index in [2.05, 4.69) is 21.4 Å². The normalized spacial score (nSPS) is 11.1. The van der Waals surface area contributed by atoms with Crippen molar-refractivity contribution in [3.8, 4) is 28.7 Å². The average molecular weight is 507 g/mol. The van der Waals surface area contributed by atoms with Crippen LogP contribution in [-0.4, -0.2) is 24.6 Å². The largest absolute Gasteiger partial charge is 0.457 e. The van der Waals surface area contributed by atoms with Crippen molar-refractivity contribution in [2.24, 2.45) is 0 Å². The van der Waals surface area contributed by atoms with Gasteiger partial charge in [-0.15, -0.1) is 0 Å². The molecule has 0 aliphatic heterocycles. The highest BCUT2D eigenvalue weighted by atomic mass is 32.2. The van der Waals surface area contributed by atoms with E-state index in [0.29, 0.717) is 22.6 Å². The number of para-hydroxylation sites is 1. The van der Waals surface area contributed by atoms with Crippen LogP contribution in [0.2, 0.25) is 0 Å². The van der Waals surface area contributed by atoms with Gasteiger partial charge in [-0.05, 0) is 65.7 Å². The molecule has 0 aliphatic carbocycles. The van der Waals surface area contributed by atoms with Crippen molar-refractivity contribution in [2.45, 2.75) is 5.75 Å². The van der Waals surface area contributed by atoms with Crippen molar-refractivity contribution in [1.29, 1.82) is 5.26 Å². The first-order chi connectivity index (χ1) is 17.9. The number of anilines is 2. The van der Waals surface area contributed by atoms with Gasteiger partial charge in [0.05, 0.1) is 22.5 Å². The molecule has 0 fully saturated rings. The number of fused-ring (bicyclic) bond motifs is 1. The molecule has 5 aromatic rings. The van der Waals surface area contributed by atoms with Gasteiger partial charge in [0.2, 0.25) is 0 Å². The summed E-state index contributed by atoms with van der Waals surface area (Å²) >= 11 is 0. The Hall–Kier alpha value is -4.74. The standard InChI is InChI=1S/C29H22N4O3S/c1-37(34,35)19-20-13-22(17-31-16-20)21-7-12-28-27(14-21)29(23(15-30)18-32-28)33-24-8-10-26(11-9-24)36-25-5-3-2-4-6-25/h2-14,16-18H,19H2,1H3,(H,32,33). The lowest BCUT2D eigenvalue weighted by atomic mass is 10.0. The second-order valence-electron chi connectivity index (χ2n) is 8.61. The van der Waals surface area contributed by atoms with Crippen molar-refractivity contribution in [3.05, 3.63) is 109 Å². The van der Waals surface area contributed by atoms with Crippen molar-refractivity contribution in [1.82, 2.24) is 9.97 Å². The highest BCUT2D eigenvalue weighted by Gasteiger charge is 2.12. The van der Waals surface area contributed by atoms with Crippen molar-refractivity contribution in [3.63, 3.8) is 0 Å². The first-order valence-corrected chi connectivity index (χ1v) is 13.5. The number of nitriles is 1. The molecule has 2 aromatic heterocycles. The Balaban J connectivity index is 1.49. The van der Waals surface area contributed by atoms with E-state index in [9.17, 15) is 13.7 Å². The summed E-state index contributed by atoms with van der Waals surface area (Å²) in [6.07, 6.45) is 5.99. The minimum atomic E-state index is -3.19. The molecule has 182 valence electrons. The zero-order chi connectivity index (χ0) is 25.8. The molecule has 0 saturated heterocycles. The van der Waals surface area contributed by atoms with E-state index in [1.807, 2.05) is 78.9 Å². The predicted molar refractivity (Wildman–Crippen MR) is 144 cm³/mol. The van der Waals surface area contributed by atoms with Gasteiger partial charge in [-0.2, -0.15) is 5.26 Å². The Kier molecular flexibility index (Phi) is 6.54. The molecule has 0 atom stereocenters. The minimum Gasteiger partial charge on any atom is -0.457 e. The summed E-state index contributed by atoms with van der Waals surface area (Å²) in [5, 5.41) is 13.9. The lowest BCUT2D eigenvalue weighted by Crippen LogP contribution is -2.01. The van der Waals surface area contributed by atoms with Crippen LogP contribution in [0.15, 0.2) is 97.5 Å². The number of sulfone groups is 1. The van der Waals surface area contributed by atoms with E-state index >= 15 is 0 Å². The molecule has 0 amide bonds. The van der Waals surface area contributed by atoms with E-state index in [4.69, 9.17) is 4.74 Å². The zero-order valence-electron chi connectivity index (χ0n) is 19.9. The summed E-state index contributed by atoms with van der Waals surface area (Å²) in [5.74, 6) is 1.36. The summed E-state index contributed by atoms with van der Waals surface area (Å²) in [7, 11) is -3.19. The molecule has 0 aliphatic rings. The fourth-order valence-electron chi connectivity index (χ4n) is 3.99. The van der Waals surface area contributed by atoms with Crippen LogP contribution in [0.4, 0.5) is 11.4 Å². The number of nitrogens with one attached hydrogen (secondary N) is 1. The molecule has 37 heavy (non-hydrogen) atoms. The summed E-state index contributed by atoms with van der Waals surface area (Å²) in [6, 6.07) is 26.7. The summed E-state index contributed by atoms with van der Waals surface area (Å²) < 4.78 is 29.4. The molecule has 2 heterocycles. The van der Waals surface area contributed by atoms with Crippen LogP contribution in [0.3, 0.4) is 0 Å². The van der Waals surface area contributed by atoms with Gasteiger partial charge in [-0.25, -0.2) is 8.42 Å². The monoisotopic (exact) mass is 506 g/mol. The number of benzene rings is 3. The number of aromatic nitrogens is 2. The number of pyridine rings is 2. The Morgan fingerprint density at radius 3 is 2.38 bits per heavy atom. The van der Waals surface area contributed by atoms with Crippen LogP contribution < -0.4 is 10.1 Å². The topological polar surface area (TPSA) is 105 Å². The van der Waals surface area contributed by atoms with Crippen LogP contribution >= 0.6 is 0 Å². The quantitative estimate of drug-likeness (QED) is 0.278. The predicted octanol–water partition coefficient (Wildman–Crippen LogP) is 6.25. The van der Waals surface area contributed by atoms with E-state index in [-0.39, 0.29) is 5.75 Å². The van der Waals surface area contributed by atoms with Crippen LogP contribution in [0.25, 0.3) is 22.0 Å². The minimum absolute atomic E-state index is 0.0850. The molecule has 8 heteroatoms. The van der Waals surface area contributed by atoms with Gasteiger partial charge in [-0.3, -0.25) is 9.97 Å². The third-order valence-corrected chi connectivity index (χ3v) is 6.51. The maximum Gasteiger partial charge on any atom is 0.151 e. The molecule has 0 bridgehead atoms. The van der Waals surface area contributed by atoms with Crippen LogP contribution in [-0.2, 0) is 15.6 Å². The van der Waals surface area contributed by atoms with Crippen LogP contribution in [0.5, 0.6) is 11.5 Å². The van der Waals surface area contributed by atoms with E-state index in [0.717, 1.165) is 33.5 Å². The third kappa shape index (κ3) is 5.74. The van der Waals surface area contributed by atoms with Gasteiger partial charge in [0, 0.05) is 41.5 Å². The SMILES string of the molecule is CS(=O)(=O)Cc1cncc(-c2ccc3ncc(C#N)c(Nc4ccc(Oc5ccccc5)cc4)c3c2)c1. The molecule has 0 saturated carbocycles. The maximum atomic E-state index is 11.7. The van der Waals surface area contributed by atoms with E-state index < -0.39 is 9.84 Å². The highest BCUT2D eigenvalue weighted by Crippen LogP contribution is 2.33. The molecule has 0 radical (unpaired) electrons. The lowest BCUT2D eigenvalue weighted by molar-refractivity contribution is 0.483. The molecule has 0 unspecified atom stereocenters. The summed E-state index contributed by atoms with van der Waals surface area (Å²) in [5.41, 5.74) is 4.76. The second-order valence-corrected chi connectivity index (χ2v) is 10.7. The first-order valence-electron chi connectivity index (χ1n) is 11.4. The highest BCUT2D eigenvalue weighted by molar-refractivity contribution is 7.89. The zero-order valence-corrected chi connectivity index (χ0v) is 20.7. The molecule has 3 aromatic carbocycles. The molecule has 0 spiro atoms. The number of ether oxygens (including phenoxy) is 1. The van der Waals surface area contributed by atoms with Crippen LogP contribution in [0.1, 0.15) is 11.1 Å². The van der Waals surface area contributed by atoms with Crippen LogP contribution in [0, 0.1) is 11.3 Å². The van der Waals surface area contributed by atoms with Gasteiger partial charge in [0.25, 0.3) is 0 Å². The van der Waals surface area contributed by atoms with Crippen molar-refractivity contribution < 1.29 is 13.2 Å². The Morgan fingerprint density at radius 1 is 0.892 bits per heavy atom. The Labute approximate surface area is 214 Å². The van der Waals surface area contributed by atoms with E-state index in [1.54, 1.807) is 18.6 Å². The maximum absolute atomic E-state index is 11.7. The van der Waals surface area contributed by atoms with Gasteiger partial charge >= 0.3 is 0 Å². The summed E-state index contributed by atoms with van der Waals surface area (Å²) in [6.45, 7) is 0. The molecule has 1 N–H and O–H groups in total. The molecular weight excluding hydrogens is 484 g/mol. The Bertz CT molecular complexity index is 1730. The van der Waals surface area contributed by atoms with Gasteiger partial charge in [-0.1, -0.05) is 24.3 Å². The number of rotatable bonds is 7. The number of hydrogen-bond donors (Lipinski definition) is 1. The third-order valence-electron chi connectivity index (χ3n) is 5.65. The fourth-order valence-corrected chi connectivity index (χ4v) is 4.76. The number of hydrogen-bond acceptors (Lipinski definition) is 7. The summed E-state index contributed by atoms with van der Waals surface area (Å²) in [4.78, 5) is 8.67. The van der Waals surface area contributed by atoms with Gasteiger partial charge in [0.15, 0.2) is 9.84 Å². The number of nitrogens with zero attached hydrogens (tertiary/aromatic N) is 3. The van der Waals surface area contributed by atoms with Gasteiger partial charge in [0.1, 0.15) is 17.6 Å². The first kappa shape index (κ1) is 24.0. The van der Waals surface area contributed by atoms with Gasteiger partial charge < -0.3 is 10.1 Å². The van der Waals surface area contributed by atoms with Crippen molar-refractivity contribution in [2.75, 3.05) is 11.6 Å². The smallest absolute Gasteiger partial charge is 0.151 e. The molecule has 5 rings (SSSR count). The molecule has 7 nitrogen and oxygen atoms in total. The van der Waals surface area contributed by atoms with E-state index in [1.165, 1.54) is 6.26 Å². The average Bonchev–Trinajstić information content (AvgIpc) is 2.89.